The summed E-state index contributed by atoms with van der Waals surface area (Å²) in [5, 5.41) is 8.29. The molecule has 1 aliphatic rings. The first-order valence-corrected chi connectivity index (χ1v) is 11.1. The second kappa shape index (κ2) is 9.10. The molecule has 6 nitrogen and oxygen atoms in total. The Bertz CT molecular complexity index is 1060. The van der Waals surface area contributed by atoms with Gasteiger partial charge in [-0.25, -0.2) is 4.98 Å². The molecule has 2 aromatic heterocycles. The molecule has 1 fully saturated rings. The number of likely N-dealkylation sites (tertiary alicyclic amines) is 1. The smallest absolute Gasteiger partial charge is 0.254 e. The van der Waals surface area contributed by atoms with Crippen molar-refractivity contribution < 1.29 is 4.79 Å². The van der Waals surface area contributed by atoms with Gasteiger partial charge in [0.25, 0.3) is 5.91 Å². The molecule has 3 aromatic rings. The molecule has 0 aliphatic carbocycles. The summed E-state index contributed by atoms with van der Waals surface area (Å²) in [7, 11) is 1.89. The number of benzene rings is 1. The first-order chi connectivity index (χ1) is 14.9. The van der Waals surface area contributed by atoms with Crippen molar-refractivity contribution in [3.05, 3.63) is 65.1 Å². The van der Waals surface area contributed by atoms with Gasteiger partial charge in [0.1, 0.15) is 5.82 Å². The number of carbonyl (C=O) groups is 1. The van der Waals surface area contributed by atoms with Crippen molar-refractivity contribution in [2.45, 2.75) is 32.7 Å². The van der Waals surface area contributed by atoms with Gasteiger partial charge in [-0.2, -0.15) is 5.10 Å². The Kier molecular flexibility index (Phi) is 6.28. The summed E-state index contributed by atoms with van der Waals surface area (Å²) in [6, 6.07) is 9.83. The van der Waals surface area contributed by atoms with E-state index >= 15 is 0 Å². The quantitative estimate of drug-likeness (QED) is 0.622. The van der Waals surface area contributed by atoms with Crippen LogP contribution in [0.3, 0.4) is 0 Å². The zero-order valence-corrected chi connectivity index (χ0v) is 18.9. The zero-order chi connectivity index (χ0) is 22.0. The number of nitrogens with zero attached hydrogens (tertiary/aromatic N) is 4. The first-order valence-electron chi connectivity index (χ1n) is 10.7. The summed E-state index contributed by atoms with van der Waals surface area (Å²) in [5.74, 6) is 1.23. The molecular formula is C24H28ClN5O. The second-order valence-corrected chi connectivity index (χ2v) is 8.82. The molecule has 1 N–H and O–H groups in total. The van der Waals surface area contributed by atoms with Gasteiger partial charge in [-0.3, -0.25) is 9.48 Å². The van der Waals surface area contributed by atoms with Gasteiger partial charge in [0, 0.05) is 43.7 Å². The highest BCUT2D eigenvalue weighted by atomic mass is 35.5. The van der Waals surface area contributed by atoms with Crippen molar-refractivity contribution in [1.82, 2.24) is 19.7 Å². The normalized spacial score (nSPS) is 18.8. The van der Waals surface area contributed by atoms with E-state index in [1.165, 1.54) is 0 Å². The molecule has 0 radical (unpaired) electrons. The molecule has 1 saturated heterocycles. The maximum absolute atomic E-state index is 13.8. The number of nitrogens with one attached hydrogen (secondary N) is 1. The van der Waals surface area contributed by atoms with E-state index in [0.29, 0.717) is 17.5 Å². The number of halogens is 1. The number of aryl methyl sites for hydroxylation is 2. The number of aromatic nitrogens is 3. The first kappa shape index (κ1) is 21.4. The predicted molar refractivity (Wildman–Crippen MR) is 124 cm³/mol. The average molecular weight is 438 g/mol. The van der Waals surface area contributed by atoms with Crippen LogP contribution in [0.5, 0.6) is 0 Å². The van der Waals surface area contributed by atoms with Gasteiger partial charge in [-0.1, -0.05) is 36.2 Å². The van der Waals surface area contributed by atoms with Crippen LogP contribution in [-0.2, 0) is 7.05 Å². The molecule has 0 saturated carbocycles. The van der Waals surface area contributed by atoms with E-state index in [1.54, 1.807) is 10.9 Å². The fourth-order valence-electron chi connectivity index (χ4n) is 4.30. The zero-order valence-electron chi connectivity index (χ0n) is 18.2. The third-order valence-corrected chi connectivity index (χ3v) is 6.24. The number of hydrogen-bond acceptors (Lipinski definition) is 4. The van der Waals surface area contributed by atoms with Gasteiger partial charge in [0.05, 0.1) is 17.3 Å². The van der Waals surface area contributed by atoms with Crippen LogP contribution < -0.4 is 5.32 Å². The summed E-state index contributed by atoms with van der Waals surface area (Å²) >= 11 is 5.95. The van der Waals surface area contributed by atoms with Gasteiger partial charge < -0.3 is 10.2 Å². The highest BCUT2D eigenvalue weighted by Crippen LogP contribution is 2.30. The molecule has 1 aromatic carbocycles. The molecule has 0 spiro atoms. The van der Waals surface area contributed by atoms with Gasteiger partial charge in [-0.05, 0) is 49.4 Å². The minimum Gasteiger partial charge on any atom is -0.368 e. The lowest BCUT2D eigenvalue weighted by Gasteiger charge is -2.40. The number of piperidine rings is 1. The largest absolute Gasteiger partial charge is 0.368 e. The standard InChI is InChI=1S/C24H28ClN5O/c1-16-6-8-20(18-12-28-29(3)15-18)21(11-16)24(31)30-10-4-5-17(2)22(30)14-27-23-9-7-19(25)13-26-23/h6-9,11-13,15,17,22H,4-5,10,14H2,1-3H3,(H,26,27)/t17-,22-/m1/s1. The fourth-order valence-corrected chi connectivity index (χ4v) is 4.42. The van der Waals surface area contributed by atoms with Gasteiger partial charge >= 0.3 is 0 Å². The van der Waals surface area contributed by atoms with Crippen molar-refractivity contribution in [3.63, 3.8) is 0 Å². The lowest BCUT2D eigenvalue weighted by atomic mass is 9.89. The highest BCUT2D eigenvalue weighted by molar-refractivity contribution is 6.30. The van der Waals surface area contributed by atoms with Crippen molar-refractivity contribution in [1.29, 1.82) is 0 Å². The maximum Gasteiger partial charge on any atom is 0.254 e. The average Bonchev–Trinajstić information content (AvgIpc) is 3.19. The van der Waals surface area contributed by atoms with Crippen LogP contribution in [0, 0.1) is 12.8 Å². The number of anilines is 1. The lowest BCUT2D eigenvalue weighted by molar-refractivity contribution is 0.0540. The van der Waals surface area contributed by atoms with E-state index in [9.17, 15) is 4.79 Å². The Morgan fingerprint density at radius 3 is 2.81 bits per heavy atom. The molecule has 1 amide bonds. The Morgan fingerprint density at radius 2 is 2.10 bits per heavy atom. The maximum atomic E-state index is 13.8. The number of hydrogen-bond donors (Lipinski definition) is 1. The van der Waals surface area contributed by atoms with E-state index in [-0.39, 0.29) is 11.9 Å². The van der Waals surface area contributed by atoms with E-state index in [2.05, 4.69) is 22.3 Å². The van der Waals surface area contributed by atoms with Crippen LogP contribution in [0.2, 0.25) is 5.02 Å². The van der Waals surface area contributed by atoms with Crippen LogP contribution in [0.4, 0.5) is 5.82 Å². The van der Waals surface area contributed by atoms with Crippen LogP contribution in [0.1, 0.15) is 35.7 Å². The van der Waals surface area contributed by atoms with Gasteiger partial charge in [-0.15, -0.1) is 0 Å². The number of rotatable bonds is 5. The molecule has 0 unspecified atom stereocenters. The summed E-state index contributed by atoms with van der Waals surface area (Å²) in [6.45, 7) is 5.65. The van der Waals surface area contributed by atoms with Crippen molar-refractivity contribution in [2.75, 3.05) is 18.4 Å². The van der Waals surface area contributed by atoms with E-state index in [4.69, 9.17) is 11.6 Å². The summed E-state index contributed by atoms with van der Waals surface area (Å²) < 4.78 is 1.76. The Labute approximate surface area is 188 Å². The van der Waals surface area contributed by atoms with Crippen LogP contribution in [0.25, 0.3) is 11.1 Å². The van der Waals surface area contributed by atoms with Crippen LogP contribution in [-0.4, -0.2) is 44.7 Å². The van der Waals surface area contributed by atoms with Crippen LogP contribution in [0.15, 0.2) is 48.9 Å². The third kappa shape index (κ3) is 4.74. The number of carbonyl (C=O) groups excluding carboxylic acids is 1. The SMILES string of the molecule is Cc1ccc(-c2cnn(C)c2)c(C(=O)N2CCC[C@@H](C)[C@H]2CNc2ccc(Cl)cn2)c1. The molecule has 4 rings (SSSR count). The van der Waals surface area contributed by atoms with Gasteiger partial charge in [0.2, 0.25) is 0 Å². The molecule has 0 bridgehead atoms. The fraction of sp³-hybridized carbons (Fsp3) is 0.375. The topological polar surface area (TPSA) is 63.1 Å². The predicted octanol–water partition coefficient (Wildman–Crippen LogP) is 4.80. The van der Waals surface area contributed by atoms with Crippen LogP contribution >= 0.6 is 11.6 Å². The lowest BCUT2D eigenvalue weighted by Crippen LogP contribution is -2.51. The highest BCUT2D eigenvalue weighted by Gasteiger charge is 2.33. The summed E-state index contributed by atoms with van der Waals surface area (Å²) in [5.41, 5.74) is 3.68. The van der Waals surface area contributed by atoms with E-state index in [0.717, 1.165) is 47.5 Å². The monoisotopic (exact) mass is 437 g/mol. The molecule has 162 valence electrons. The Hall–Kier alpha value is -2.86. The summed E-state index contributed by atoms with van der Waals surface area (Å²) in [6.07, 6.45) is 7.51. The molecule has 7 heteroatoms. The van der Waals surface area contributed by atoms with Crippen molar-refractivity contribution in [2.24, 2.45) is 13.0 Å². The molecular weight excluding hydrogens is 410 g/mol. The number of amides is 1. The third-order valence-electron chi connectivity index (χ3n) is 6.02. The molecule has 3 heterocycles. The van der Waals surface area contributed by atoms with E-state index < -0.39 is 0 Å². The van der Waals surface area contributed by atoms with Crippen molar-refractivity contribution in [3.8, 4) is 11.1 Å². The Balaban J connectivity index is 1.61. The molecule has 1 aliphatic heterocycles. The molecule has 2 atom stereocenters. The second-order valence-electron chi connectivity index (χ2n) is 8.38. The van der Waals surface area contributed by atoms with Gasteiger partial charge in [0.15, 0.2) is 0 Å². The van der Waals surface area contributed by atoms with E-state index in [1.807, 2.05) is 61.6 Å². The minimum absolute atomic E-state index is 0.0740. The molecule has 31 heavy (non-hydrogen) atoms. The minimum atomic E-state index is 0.0740. The number of pyridine rings is 1. The Morgan fingerprint density at radius 1 is 1.26 bits per heavy atom. The van der Waals surface area contributed by atoms with Crippen molar-refractivity contribution >= 4 is 23.3 Å². The summed E-state index contributed by atoms with van der Waals surface area (Å²) in [4.78, 5) is 20.2.